The molecule has 0 atom stereocenters. The van der Waals surface area contributed by atoms with Crippen LogP contribution in [-0.4, -0.2) is 23.9 Å². The molecule has 0 aromatic carbocycles. The van der Waals surface area contributed by atoms with Gasteiger partial charge in [-0.25, -0.2) is 4.39 Å². The second-order valence-corrected chi connectivity index (χ2v) is 2.15. The molecule has 1 N–H and O–H groups in total. The molecule has 1 aromatic rings. The zero-order chi connectivity index (χ0) is 8.97. The summed E-state index contributed by atoms with van der Waals surface area (Å²) < 4.78 is 16.2. The highest BCUT2D eigenvalue weighted by Crippen LogP contribution is 2.12. The summed E-state index contributed by atoms with van der Waals surface area (Å²) >= 11 is 0. The van der Waals surface area contributed by atoms with Crippen molar-refractivity contribution in [3.8, 4) is 5.88 Å². The average Bonchev–Trinajstić information content (AvgIpc) is 2.09. The lowest BCUT2D eigenvalue weighted by Gasteiger charge is -2.04. The number of hydrogen-bond acceptors (Lipinski definition) is 4. The van der Waals surface area contributed by atoms with Crippen molar-refractivity contribution in [3.05, 3.63) is 11.9 Å². The minimum atomic E-state index is -0.888. The molecule has 0 unspecified atom stereocenters. The Morgan fingerprint density at radius 1 is 1.67 bits per heavy atom. The predicted octanol–water partition coefficient (Wildman–Crippen LogP) is 1.13. The Morgan fingerprint density at radius 2 is 2.42 bits per heavy atom. The van der Waals surface area contributed by atoms with Gasteiger partial charge >= 0.3 is 0 Å². The SMILES string of the molecule is CNc1nc(OCF)cnc1C. The Labute approximate surface area is 69.8 Å². The summed E-state index contributed by atoms with van der Waals surface area (Å²) in [5, 5.41) is 2.82. The summed E-state index contributed by atoms with van der Waals surface area (Å²) in [5.74, 6) is 0.786. The molecule has 1 heterocycles. The molecule has 0 spiro atoms. The van der Waals surface area contributed by atoms with E-state index in [0.29, 0.717) is 5.82 Å². The van der Waals surface area contributed by atoms with Gasteiger partial charge in [0.2, 0.25) is 12.7 Å². The van der Waals surface area contributed by atoms with E-state index in [4.69, 9.17) is 0 Å². The van der Waals surface area contributed by atoms with Gasteiger partial charge in [0.15, 0.2) is 5.82 Å². The molecule has 66 valence electrons. The Balaban J connectivity index is 2.89. The number of rotatable bonds is 3. The van der Waals surface area contributed by atoms with Crippen LogP contribution in [0.5, 0.6) is 5.88 Å². The minimum Gasteiger partial charge on any atom is -0.445 e. The van der Waals surface area contributed by atoms with Gasteiger partial charge in [0.25, 0.3) is 0 Å². The predicted molar refractivity (Wildman–Crippen MR) is 42.9 cm³/mol. The molecule has 0 amide bonds. The van der Waals surface area contributed by atoms with E-state index in [1.807, 2.05) is 0 Å². The van der Waals surface area contributed by atoms with Gasteiger partial charge < -0.3 is 10.1 Å². The second kappa shape index (κ2) is 3.85. The first kappa shape index (κ1) is 8.70. The molecule has 12 heavy (non-hydrogen) atoms. The summed E-state index contributed by atoms with van der Waals surface area (Å²) in [6, 6.07) is 0. The Morgan fingerprint density at radius 3 is 3.00 bits per heavy atom. The molecule has 0 aliphatic heterocycles. The van der Waals surface area contributed by atoms with Crippen molar-refractivity contribution in [3.63, 3.8) is 0 Å². The molecule has 0 aliphatic carbocycles. The van der Waals surface area contributed by atoms with Crippen LogP contribution in [0.1, 0.15) is 5.69 Å². The summed E-state index contributed by atoms with van der Waals surface area (Å²) in [7, 11) is 1.72. The molecular formula is C7H10FN3O. The van der Waals surface area contributed by atoms with Gasteiger partial charge in [-0.15, -0.1) is 0 Å². The molecule has 1 aromatic heterocycles. The molecular weight excluding hydrogens is 161 g/mol. The van der Waals surface area contributed by atoms with Crippen LogP contribution in [0.15, 0.2) is 6.20 Å². The van der Waals surface area contributed by atoms with Gasteiger partial charge in [-0.05, 0) is 6.92 Å². The number of ether oxygens (including phenoxy) is 1. The van der Waals surface area contributed by atoms with Crippen LogP contribution in [0.2, 0.25) is 0 Å². The maximum atomic E-state index is 11.7. The first-order chi connectivity index (χ1) is 5.77. The first-order valence-corrected chi connectivity index (χ1v) is 3.48. The third-order valence-electron chi connectivity index (χ3n) is 1.37. The lowest BCUT2D eigenvalue weighted by Crippen LogP contribution is -2.01. The van der Waals surface area contributed by atoms with Crippen molar-refractivity contribution in [1.29, 1.82) is 0 Å². The van der Waals surface area contributed by atoms with E-state index >= 15 is 0 Å². The standard InChI is InChI=1S/C7H10FN3O/c1-5-7(9-2)11-6(3-10-5)12-4-8/h3H,4H2,1-2H3,(H,9,11). The van der Waals surface area contributed by atoms with Crippen molar-refractivity contribution < 1.29 is 9.13 Å². The van der Waals surface area contributed by atoms with E-state index in [9.17, 15) is 4.39 Å². The van der Waals surface area contributed by atoms with Crippen LogP contribution in [-0.2, 0) is 0 Å². The van der Waals surface area contributed by atoms with Crippen LogP contribution in [0.25, 0.3) is 0 Å². The van der Waals surface area contributed by atoms with E-state index in [-0.39, 0.29) is 5.88 Å². The lowest BCUT2D eigenvalue weighted by molar-refractivity contribution is 0.184. The monoisotopic (exact) mass is 171 g/mol. The molecule has 0 aliphatic rings. The number of halogens is 1. The third-order valence-corrected chi connectivity index (χ3v) is 1.37. The van der Waals surface area contributed by atoms with Gasteiger partial charge in [-0.3, -0.25) is 4.98 Å². The van der Waals surface area contributed by atoms with Crippen molar-refractivity contribution in [2.75, 3.05) is 19.2 Å². The molecule has 0 bridgehead atoms. The molecule has 0 radical (unpaired) electrons. The molecule has 0 fully saturated rings. The molecule has 1 rings (SSSR count). The number of alkyl halides is 1. The first-order valence-electron chi connectivity index (χ1n) is 3.48. The van der Waals surface area contributed by atoms with Gasteiger partial charge in [0.1, 0.15) is 0 Å². The number of aryl methyl sites for hydroxylation is 1. The summed E-state index contributed by atoms with van der Waals surface area (Å²) in [6.07, 6.45) is 1.38. The summed E-state index contributed by atoms with van der Waals surface area (Å²) in [4.78, 5) is 7.90. The highest BCUT2D eigenvalue weighted by atomic mass is 19.1. The van der Waals surface area contributed by atoms with Gasteiger partial charge in [-0.1, -0.05) is 0 Å². The molecule has 0 saturated heterocycles. The van der Waals surface area contributed by atoms with Crippen LogP contribution in [0.3, 0.4) is 0 Å². The Bertz CT molecular complexity index is 267. The van der Waals surface area contributed by atoms with Crippen LogP contribution < -0.4 is 10.1 Å². The molecule has 0 saturated carbocycles. The zero-order valence-electron chi connectivity index (χ0n) is 6.97. The van der Waals surface area contributed by atoms with Crippen LogP contribution in [0.4, 0.5) is 10.2 Å². The summed E-state index contributed by atoms with van der Waals surface area (Å²) in [6.45, 7) is 0.916. The Hall–Kier alpha value is -1.39. The largest absolute Gasteiger partial charge is 0.445 e. The normalized spacial score (nSPS) is 9.58. The van der Waals surface area contributed by atoms with Gasteiger partial charge in [-0.2, -0.15) is 4.98 Å². The maximum absolute atomic E-state index is 11.7. The highest BCUT2D eigenvalue weighted by molar-refractivity contribution is 5.39. The molecule has 5 heteroatoms. The average molecular weight is 171 g/mol. The third kappa shape index (κ3) is 1.81. The van der Waals surface area contributed by atoms with E-state index in [1.165, 1.54) is 6.20 Å². The lowest BCUT2D eigenvalue weighted by atomic mass is 10.4. The van der Waals surface area contributed by atoms with Crippen molar-refractivity contribution >= 4 is 5.82 Å². The second-order valence-electron chi connectivity index (χ2n) is 2.15. The minimum absolute atomic E-state index is 0.187. The van der Waals surface area contributed by atoms with Crippen LogP contribution >= 0.6 is 0 Å². The number of nitrogens with one attached hydrogen (secondary N) is 1. The topological polar surface area (TPSA) is 47.0 Å². The van der Waals surface area contributed by atoms with Crippen molar-refractivity contribution in [2.45, 2.75) is 6.92 Å². The van der Waals surface area contributed by atoms with Gasteiger partial charge in [0.05, 0.1) is 11.9 Å². The fraction of sp³-hybridized carbons (Fsp3) is 0.429. The fourth-order valence-electron chi connectivity index (χ4n) is 0.795. The van der Waals surface area contributed by atoms with E-state index < -0.39 is 6.86 Å². The van der Waals surface area contributed by atoms with E-state index in [1.54, 1.807) is 14.0 Å². The van der Waals surface area contributed by atoms with Gasteiger partial charge in [0, 0.05) is 7.05 Å². The Kier molecular flexibility index (Phi) is 2.79. The number of anilines is 1. The fourth-order valence-corrected chi connectivity index (χ4v) is 0.795. The van der Waals surface area contributed by atoms with E-state index in [0.717, 1.165) is 5.69 Å². The van der Waals surface area contributed by atoms with Crippen LogP contribution in [0, 0.1) is 6.92 Å². The zero-order valence-corrected chi connectivity index (χ0v) is 6.97. The maximum Gasteiger partial charge on any atom is 0.236 e. The number of nitrogens with zero attached hydrogens (tertiary/aromatic N) is 2. The van der Waals surface area contributed by atoms with Crippen molar-refractivity contribution in [1.82, 2.24) is 9.97 Å². The highest BCUT2D eigenvalue weighted by Gasteiger charge is 2.01. The van der Waals surface area contributed by atoms with Crippen molar-refractivity contribution in [2.24, 2.45) is 0 Å². The number of aromatic nitrogens is 2. The summed E-state index contributed by atoms with van der Waals surface area (Å²) in [5.41, 5.74) is 0.753. The van der Waals surface area contributed by atoms with E-state index in [2.05, 4.69) is 20.0 Å². The molecule has 4 nitrogen and oxygen atoms in total. The smallest absolute Gasteiger partial charge is 0.236 e. The quantitative estimate of drug-likeness (QED) is 0.740. The number of hydrogen-bond donors (Lipinski definition) is 1.